The van der Waals surface area contributed by atoms with E-state index in [-0.39, 0.29) is 37.1 Å². The van der Waals surface area contributed by atoms with E-state index in [1.165, 1.54) is 23.1 Å². The summed E-state index contributed by atoms with van der Waals surface area (Å²) in [6.07, 6.45) is 0.996. The van der Waals surface area contributed by atoms with Crippen molar-refractivity contribution in [2.75, 3.05) is 23.4 Å². The molecule has 2 aliphatic rings. The number of nitrogens with one attached hydrogen (secondary N) is 1. The molecule has 2 saturated heterocycles. The van der Waals surface area contributed by atoms with E-state index in [0.29, 0.717) is 11.4 Å². The van der Waals surface area contributed by atoms with Gasteiger partial charge in [0.25, 0.3) is 0 Å². The Kier molecular flexibility index (Phi) is 4.39. The van der Waals surface area contributed by atoms with Crippen LogP contribution in [0.1, 0.15) is 19.3 Å². The number of likely N-dealkylation sites (tertiary alicyclic amines) is 1. The SMILES string of the molecule is O=C(CCN1C(=O)C[C@]2(CCSC2)C1=O)Nc1cccc(F)c1. The molecule has 0 radical (unpaired) electrons. The van der Waals surface area contributed by atoms with Gasteiger partial charge in [0, 0.05) is 30.8 Å². The second kappa shape index (κ2) is 6.31. The minimum absolute atomic E-state index is 0.0111. The van der Waals surface area contributed by atoms with Crippen molar-refractivity contribution in [3.8, 4) is 0 Å². The van der Waals surface area contributed by atoms with Gasteiger partial charge >= 0.3 is 0 Å². The first-order valence-corrected chi connectivity index (χ1v) is 8.64. The maximum atomic E-state index is 13.1. The van der Waals surface area contributed by atoms with Crippen LogP contribution in [0.4, 0.5) is 10.1 Å². The highest BCUT2D eigenvalue weighted by Crippen LogP contribution is 2.44. The van der Waals surface area contributed by atoms with Crippen LogP contribution in [0.3, 0.4) is 0 Å². The number of rotatable bonds is 4. The maximum Gasteiger partial charge on any atom is 0.236 e. The van der Waals surface area contributed by atoms with Crippen LogP contribution in [0, 0.1) is 11.2 Å². The van der Waals surface area contributed by atoms with Crippen LogP contribution < -0.4 is 5.32 Å². The molecule has 0 unspecified atom stereocenters. The highest BCUT2D eigenvalue weighted by Gasteiger charge is 2.52. The molecule has 2 fully saturated rings. The van der Waals surface area contributed by atoms with E-state index in [1.54, 1.807) is 17.8 Å². The van der Waals surface area contributed by atoms with Crippen LogP contribution in [0.2, 0.25) is 0 Å². The third kappa shape index (κ3) is 3.24. The zero-order valence-corrected chi connectivity index (χ0v) is 13.3. The molecule has 0 aromatic heterocycles. The lowest BCUT2D eigenvalue weighted by Gasteiger charge is -2.20. The zero-order chi connectivity index (χ0) is 16.4. The predicted molar refractivity (Wildman–Crippen MR) is 85.4 cm³/mol. The van der Waals surface area contributed by atoms with Gasteiger partial charge in [-0.3, -0.25) is 19.3 Å². The Balaban J connectivity index is 1.56. The third-order valence-corrected chi connectivity index (χ3v) is 5.51. The lowest BCUT2D eigenvalue weighted by molar-refractivity contribution is -0.141. The molecule has 3 amide bonds. The Morgan fingerprint density at radius 3 is 2.91 bits per heavy atom. The van der Waals surface area contributed by atoms with Crippen molar-refractivity contribution in [2.24, 2.45) is 5.41 Å². The number of benzene rings is 1. The zero-order valence-electron chi connectivity index (χ0n) is 12.5. The minimum Gasteiger partial charge on any atom is -0.326 e. The average Bonchev–Trinajstić information content (AvgIpc) is 3.04. The van der Waals surface area contributed by atoms with Crippen molar-refractivity contribution in [3.05, 3.63) is 30.1 Å². The number of amides is 3. The first-order valence-electron chi connectivity index (χ1n) is 7.48. The number of anilines is 1. The normalized spacial score (nSPS) is 23.8. The smallest absolute Gasteiger partial charge is 0.236 e. The van der Waals surface area contributed by atoms with Crippen LogP contribution in [-0.4, -0.2) is 40.7 Å². The first-order chi connectivity index (χ1) is 11.0. The molecule has 1 N–H and O–H groups in total. The fourth-order valence-corrected chi connectivity index (χ4v) is 4.44. The quantitative estimate of drug-likeness (QED) is 0.855. The molecule has 3 rings (SSSR count). The molecule has 2 heterocycles. The molecule has 1 aromatic rings. The largest absolute Gasteiger partial charge is 0.326 e. The third-order valence-electron chi connectivity index (χ3n) is 4.26. The van der Waals surface area contributed by atoms with Gasteiger partial charge in [0.2, 0.25) is 17.7 Å². The second-order valence-electron chi connectivity index (χ2n) is 5.92. The fourth-order valence-electron chi connectivity index (χ4n) is 3.00. The lowest BCUT2D eigenvalue weighted by atomic mass is 9.86. The molecular weight excluding hydrogens is 319 g/mol. The molecule has 122 valence electrons. The summed E-state index contributed by atoms with van der Waals surface area (Å²) in [5.74, 6) is 0.449. The first kappa shape index (κ1) is 16.0. The van der Waals surface area contributed by atoms with E-state index >= 15 is 0 Å². The van der Waals surface area contributed by atoms with Gasteiger partial charge in [-0.05, 0) is 30.4 Å². The number of carbonyl (C=O) groups is 3. The molecular formula is C16H17FN2O3S. The highest BCUT2D eigenvalue weighted by molar-refractivity contribution is 7.99. The van der Waals surface area contributed by atoms with Crippen molar-refractivity contribution >= 4 is 35.2 Å². The van der Waals surface area contributed by atoms with Crippen molar-refractivity contribution in [2.45, 2.75) is 19.3 Å². The van der Waals surface area contributed by atoms with Gasteiger partial charge in [-0.1, -0.05) is 6.07 Å². The molecule has 23 heavy (non-hydrogen) atoms. The van der Waals surface area contributed by atoms with E-state index < -0.39 is 11.2 Å². The van der Waals surface area contributed by atoms with Crippen molar-refractivity contribution < 1.29 is 18.8 Å². The van der Waals surface area contributed by atoms with Gasteiger partial charge < -0.3 is 5.32 Å². The Labute approximate surface area is 137 Å². The number of carbonyl (C=O) groups excluding carboxylic acids is 3. The standard InChI is InChI=1S/C16H17FN2O3S/c17-11-2-1-3-12(8-11)18-13(20)4-6-19-14(21)9-16(15(19)22)5-7-23-10-16/h1-3,8H,4-7,9-10H2,(H,18,20)/t16-/m0/s1. The van der Waals surface area contributed by atoms with Gasteiger partial charge in [0.05, 0.1) is 5.41 Å². The van der Waals surface area contributed by atoms with Crippen molar-refractivity contribution in [3.63, 3.8) is 0 Å². The highest BCUT2D eigenvalue weighted by atomic mass is 32.2. The van der Waals surface area contributed by atoms with Crippen molar-refractivity contribution in [1.29, 1.82) is 0 Å². The van der Waals surface area contributed by atoms with Gasteiger partial charge in [-0.25, -0.2) is 4.39 Å². The average molecular weight is 336 g/mol. The topological polar surface area (TPSA) is 66.5 Å². The monoisotopic (exact) mass is 336 g/mol. The van der Waals surface area contributed by atoms with Crippen LogP contribution in [0.25, 0.3) is 0 Å². The number of thioether (sulfide) groups is 1. The van der Waals surface area contributed by atoms with Crippen LogP contribution >= 0.6 is 11.8 Å². The number of halogens is 1. The lowest BCUT2D eigenvalue weighted by Crippen LogP contribution is -2.37. The molecule has 7 heteroatoms. The molecule has 2 aliphatic heterocycles. The van der Waals surface area contributed by atoms with Crippen LogP contribution in [0.5, 0.6) is 0 Å². The summed E-state index contributed by atoms with van der Waals surface area (Å²) >= 11 is 1.69. The number of hydrogen-bond donors (Lipinski definition) is 1. The summed E-state index contributed by atoms with van der Waals surface area (Å²) in [6, 6.07) is 5.59. The van der Waals surface area contributed by atoms with Gasteiger partial charge in [0.15, 0.2) is 0 Å². The summed E-state index contributed by atoms with van der Waals surface area (Å²) in [4.78, 5) is 37.7. The van der Waals surface area contributed by atoms with E-state index in [2.05, 4.69) is 5.32 Å². The minimum atomic E-state index is -0.541. The molecule has 0 saturated carbocycles. The van der Waals surface area contributed by atoms with Crippen LogP contribution in [0.15, 0.2) is 24.3 Å². The van der Waals surface area contributed by atoms with E-state index in [4.69, 9.17) is 0 Å². The molecule has 0 aliphatic carbocycles. The molecule has 1 aromatic carbocycles. The molecule has 1 atom stereocenters. The van der Waals surface area contributed by atoms with Crippen LogP contribution in [-0.2, 0) is 14.4 Å². The van der Waals surface area contributed by atoms with Gasteiger partial charge in [-0.2, -0.15) is 11.8 Å². The summed E-state index contributed by atoms with van der Waals surface area (Å²) in [5.41, 5.74) is -0.182. The second-order valence-corrected chi connectivity index (χ2v) is 7.02. The van der Waals surface area contributed by atoms with Gasteiger partial charge in [0.1, 0.15) is 5.82 Å². The Morgan fingerprint density at radius 1 is 1.39 bits per heavy atom. The summed E-state index contributed by atoms with van der Waals surface area (Å²) in [6.45, 7) is 0.0746. The Hall–Kier alpha value is -1.89. The van der Waals surface area contributed by atoms with E-state index in [0.717, 1.165) is 12.2 Å². The summed E-state index contributed by atoms with van der Waals surface area (Å²) < 4.78 is 13.1. The number of nitrogens with zero attached hydrogens (tertiary/aromatic N) is 1. The number of imide groups is 1. The number of hydrogen-bond acceptors (Lipinski definition) is 4. The summed E-state index contributed by atoms with van der Waals surface area (Å²) in [7, 11) is 0. The maximum absolute atomic E-state index is 13.1. The van der Waals surface area contributed by atoms with E-state index in [1.807, 2.05) is 0 Å². The van der Waals surface area contributed by atoms with Crippen molar-refractivity contribution in [1.82, 2.24) is 4.90 Å². The Morgan fingerprint density at radius 2 is 2.22 bits per heavy atom. The van der Waals surface area contributed by atoms with Gasteiger partial charge in [-0.15, -0.1) is 0 Å². The van der Waals surface area contributed by atoms with E-state index in [9.17, 15) is 18.8 Å². The molecule has 0 bridgehead atoms. The summed E-state index contributed by atoms with van der Waals surface area (Å²) in [5, 5.41) is 2.57. The molecule has 1 spiro atoms. The predicted octanol–water partition coefficient (Wildman–Crippen LogP) is 2.04. The molecule has 5 nitrogen and oxygen atoms in total. The fraction of sp³-hybridized carbons (Fsp3) is 0.438. The Bertz CT molecular complexity index is 658.